The van der Waals surface area contributed by atoms with Gasteiger partial charge in [0.1, 0.15) is 10.6 Å². The molecule has 9 nitrogen and oxygen atoms in total. The molecule has 4 rings (SSSR count). The summed E-state index contributed by atoms with van der Waals surface area (Å²) in [5.74, 6) is 1.53. The molecular formula is C17H20N4O5S. The molecule has 1 aliphatic rings. The van der Waals surface area contributed by atoms with E-state index >= 15 is 0 Å². The topological polar surface area (TPSA) is 106 Å². The van der Waals surface area contributed by atoms with E-state index in [1.54, 1.807) is 26.2 Å². The fraction of sp³-hybridized carbons (Fsp3) is 0.412. The maximum absolute atomic E-state index is 12.9. The Labute approximate surface area is 156 Å². The second kappa shape index (κ2) is 6.95. The first-order chi connectivity index (χ1) is 12.9. The predicted octanol–water partition coefficient (Wildman–Crippen LogP) is 2.05. The number of sulfonamides is 1. The number of hydrogen-bond acceptors (Lipinski definition) is 8. The summed E-state index contributed by atoms with van der Waals surface area (Å²) in [5.41, 5.74) is 1.17. The van der Waals surface area contributed by atoms with Crippen LogP contribution >= 0.6 is 0 Å². The summed E-state index contributed by atoms with van der Waals surface area (Å²) in [6, 6.07) is 5.44. The van der Waals surface area contributed by atoms with Gasteiger partial charge in [-0.25, -0.2) is 8.42 Å². The van der Waals surface area contributed by atoms with Gasteiger partial charge in [-0.15, -0.1) is 0 Å². The molecule has 144 valence electrons. The van der Waals surface area contributed by atoms with Crippen molar-refractivity contribution in [1.29, 1.82) is 0 Å². The number of rotatable bonds is 5. The first kappa shape index (κ1) is 18.0. The lowest BCUT2D eigenvalue weighted by molar-refractivity contribution is 0.177. The zero-order chi connectivity index (χ0) is 19.0. The molecule has 0 bridgehead atoms. The average Bonchev–Trinajstić information content (AvgIpc) is 3.37. The summed E-state index contributed by atoms with van der Waals surface area (Å²) in [4.78, 5) is 2.32. The summed E-state index contributed by atoms with van der Waals surface area (Å²) < 4.78 is 42.8. The van der Waals surface area contributed by atoms with Crippen LogP contribution in [0.15, 0.2) is 42.8 Å². The van der Waals surface area contributed by atoms with Crippen molar-refractivity contribution < 1.29 is 21.9 Å². The Hall–Kier alpha value is -2.43. The van der Waals surface area contributed by atoms with E-state index in [1.165, 1.54) is 4.31 Å². The zero-order valence-electron chi connectivity index (χ0n) is 15.1. The van der Waals surface area contributed by atoms with Gasteiger partial charge >= 0.3 is 0 Å². The molecule has 0 atom stereocenters. The predicted molar refractivity (Wildman–Crippen MR) is 94.2 cm³/mol. The largest absolute Gasteiger partial charge is 0.461 e. The van der Waals surface area contributed by atoms with Gasteiger partial charge < -0.3 is 13.5 Å². The van der Waals surface area contributed by atoms with Crippen molar-refractivity contribution in [2.45, 2.75) is 25.3 Å². The molecule has 1 saturated heterocycles. The van der Waals surface area contributed by atoms with Gasteiger partial charge in [-0.05, 0) is 26.0 Å². The quantitative estimate of drug-likeness (QED) is 0.649. The molecule has 1 aliphatic heterocycles. The van der Waals surface area contributed by atoms with Gasteiger partial charge in [0.15, 0.2) is 11.5 Å². The summed E-state index contributed by atoms with van der Waals surface area (Å²) in [5, 5.41) is 7.82. The fourth-order valence-electron chi connectivity index (χ4n) is 3.25. The van der Waals surface area contributed by atoms with E-state index in [2.05, 4.69) is 15.2 Å². The van der Waals surface area contributed by atoms with Crippen LogP contribution in [0.3, 0.4) is 0 Å². The van der Waals surface area contributed by atoms with Crippen LogP contribution in [0.1, 0.15) is 17.1 Å². The molecule has 0 aliphatic carbocycles. The van der Waals surface area contributed by atoms with Gasteiger partial charge in [-0.3, -0.25) is 4.90 Å². The highest BCUT2D eigenvalue weighted by Crippen LogP contribution is 2.25. The minimum Gasteiger partial charge on any atom is -0.461 e. The third-order valence-electron chi connectivity index (χ3n) is 4.61. The van der Waals surface area contributed by atoms with Crippen molar-refractivity contribution in [3.05, 3.63) is 41.6 Å². The molecule has 0 unspecified atom stereocenters. The summed E-state index contributed by atoms with van der Waals surface area (Å²) in [6.45, 7) is 5.84. The lowest BCUT2D eigenvalue weighted by Gasteiger charge is -2.33. The van der Waals surface area contributed by atoms with Gasteiger partial charge in [0, 0.05) is 38.8 Å². The lowest BCUT2D eigenvalue weighted by Crippen LogP contribution is -2.48. The summed E-state index contributed by atoms with van der Waals surface area (Å²) >= 11 is 0. The Kier molecular flexibility index (Phi) is 4.62. The Morgan fingerprint density at radius 1 is 1.07 bits per heavy atom. The zero-order valence-corrected chi connectivity index (χ0v) is 15.9. The van der Waals surface area contributed by atoms with Crippen molar-refractivity contribution in [2.24, 2.45) is 0 Å². The molecule has 27 heavy (non-hydrogen) atoms. The first-order valence-electron chi connectivity index (χ1n) is 8.60. The highest BCUT2D eigenvalue weighted by atomic mass is 32.2. The maximum atomic E-state index is 12.9. The SMILES string of the molecule is Cc1noc(C)c1S(=O)(=O)N1CCN(Cc2cc(-c3ccco3)on2)CC1. The number of aryl methyl sites for hydroxylation is 2. The maximum Gasteiger partial charge on any atom is 0.248 e. The summed E-state index contributed by atoms with van der Waals surface area (Å²) in [6.07, 6.45) is 1.58. The van der Waals surface area contributed by atoms with Gasteiger partial charge in [-0.1, -0.05) is 10.3 Å². The molecule has 0 spiro atoms. The number of hydrogen-bond donors (Lipinski definition) is 0. The minimum atomic E-state index is -3.60. The van der Waals surface area contributed by atoms with Crippen molar-refractivity contribution in [3.63, 3.8) is 0 Å². The molecule has 0 radical (unpaired) electrons. The second-order valence-electron chi connectivity index (χ2n) is 6.49. The summed E-state index contributed by atoms with van der Waals surface area (Å²) in [7, 11) is -3.60. The fourth-order valence-corrected chi connectivity index (χ4v) is 4.96. The molecule has 3 aromatic rings. The Morgan fingerprint density at radius 2 is 1.85 bits per heavy atom. The van der Waals surface area contributed by atoms with Crippen LogP contribution in [-0.2, 0) is 16.6 Å². The molecule has 0 amide bonds. The van der Waals surface area contributed by atoms with Crippen molar-refractivity contribution in [2.75, 3.05) is 26.2 Å². The third kappa shape index (κ3) is 3.43. The Bertz CT molecular complexity index is 994. The van der Waals surface area contributed by atoms with Crippen molar-refractivity contribution >= 4 is 10.0 Å². The molecular weight excluding hydrogens is 372 g/mol. The van der Waals surface area contributed by atoms with E-state index in [9.17, 15) is 8.42 Å². The van der Waals surface area contributed by atoms with E-state index in [0.29, 0.717) is 55.7 Å². The standard InChI is InChI=1S/C17H20N4O5S/c1-12-17(13(2)25-18-12)27(22,23)21-7-5-20(6-8-21)11-14-10-16(26-19-14)15-4-3-9-24-15/h3-4,9-10H,5-8,11H2,1-2H3. The number of furan rings is 1. The van der Waals surface area contributed by atoms with Gasteiger partial charge in [0.05, 0.1) is 12.0 Å². The van der Waals surface area contributed by atoms with Crippen LogP contribution < -0.4 is 0 Å². The molecule has 0 aromatic carbocycles. The van der Waals surface area contributed by atoms with E-state index in [-0.39, 0.29) is 4.90 Å². The number of nitrogens with zero attached hydrogens (tertiary/aromatic N) is 4. The third-order valence-corrected chi connectivity index (χ3v) is 6.75. The van der Waals surface area contributed by atoms with Crippen LogP contribution in [0, 0.1) is 13.8 Å². The van der Waals surface area contributed by atoms with Crippen LogP contribution in [-0.4, -0.2) is 54.1 Å². The molecule has 0 saturated carbocycles. The molecule has 10 heteroatoms. The number of aromatic nitrogens is 2. The van der Waals surface area contributed by atoms with Crippen LogP contribution in [0.25, 0.3) is 11.5 Å². The van der Waals surface area contributed by atoms with Crippen molar-refractivity contribution in [3.8, 4) is 11.5 Å². The Balaban J connectivity index is 1.39. The van der Waals surface area contributed by atoms with E-state index in [1.807, 2.05) is 12.1 Å². The molecule has 1 fully saturated rings. The van der Waals surface area contributed by atoms with Gasteiger partial charge in [0.25, 0.3) is 0 Å². The van der Waals surface area contributed by atoms with Gasteiger partial charge in [-0.2, -0.15) is 4.31 Å². The molecule has 0 N–H and O–H groups in total. The molecule has 4 heterocycles. The van der Waals surface area contributed by atoms with Gasteiger partial charge in [0.2, 0.25) is 15.8 Å². The monoisotopic (exact) mass is 392 g/mol. The highest BCUT2D eigenvalue weighted by molar-refractivity contribution is 7.89. The second-order valence-corrected chi connectivity index (χ2v) is 8.37. The van der Waals surface area contributed by atoms with Crippen LogP contribution in [0.5, 0.6) is 0 Å². The smallest absolute Gasteiger partial charge is 0.248 e. The van der Waals surface area contributed by atoms with E-state index in [4.69, 9.17) is 13.5 Å². The first-order valence-corrected chi connectivity index (χ1v) is 10.0. The van der Waals surface area contributed by atoms with Crippen LogP contribution in [0.2, 0.25) is 0 Å². The van der Waals surface area contributed by atoms with Crippen molar-refractivity contribution in [1.82, 2.24) is 19.5 Å². The average molecular weight is 392 g/mol. The normalized spacial score (nSPS) is 16.8. The van der Waals surface area contributed by atoms with Crippen LogP contribution in [0.4, 0.5) is 0 Å². The lowest BCUT2D eigenvalue weighted by atomic mass is 10.3. The minimum absolute atomic E-state index is 0.176. The Morgan fingerprint density at radius 3 is 2.48 bits per heavy atom. The number of piperazine rings is 1. The van der Waals surface area contributed by atoms with E-state index in [0.717, 1.165) is 5.69 Å². The van der Waals surface area contributed by atoms with E-state index < -0.39 is 10.0 Å². The molecule has 3 aromatic heterocycles. The highest BCUT2D eigenvalue weighted by Gasteiger charge is 2.33.